The van der Waals surface area contributed by atoms with Crippen molar-refractivity contribution in [2.24, 2.45) is 0 Å². The second kappa shape index (κ2) is 11.3. The van der Waals surface area contributed by atoms with Gasteiger partial charge in [0.25, 0.3) is 11.8 Å². The molecule has 0 saturated heterocycles. The lowest BCUT2D eigenvalue weighted by molar-refractivity contribution is -0.142. The van der Waals surface area contributed by atoms with Crippen molar-refractivity contribution in [1.82, 2.24) is 20.4 Å². The number of carbonyl (C=O) groups is 3. The molecule has 39 heavy (non-hydrogen) atoms. The molecule has 0 aliphatic carbocycles. The highest BCUT2D eigenvalue weighted by Crippen LogP contribution is 2.37. The number of amides is 3. The van der Waals surface area contributed by atoms with Crippen LogP contribution in [0.2, 0.25) is 0 Å². The van der Waals surface area contributed by atoms with Crippen molar-refractivity contribution in [3.8, 4) is 5.69 Å². The monoisotopic (exact) mass is 544 g/mol. The molecule has 3 aromatic rings. The Morgan fingerprint density at radius 1 is 1.13 bits per heavy atom. The maximum atomic E-state index is 13.9. The number of aliphatic hydroxyl groups is 1. The van der Waals surface area contributed by atoms with Crippen molar-refractivity contribution < 1.29 is 32.7 Å². The van der Waals surface area contributed by atoms with Gasteiger partial charge in [0.05, 0.1) is 18.8 Å². The van der Waals surface area contributed by atoms with Crippen LogP contribution in [0, 0.1) is 0 Å². The van der Waals surface area contributed by atoms with Gasteiger partial charge >= 0.3 is 6.18 Å². The summed E-state index contributed by atoms with van der Waals surface area (Å²) in [7, 11) is 3.02. The van der Waals surface area contributed by atoms with Gasteiger partial charge in [-0.2, -0.15) is 18.3 Å². The van der Waals surface area contributed by atoms with Crippen LogP contribution in [0.25, 0.3) is 5.69 Å². The summed E-state index contributed by atoms with van der Waals surface area (Å²) in [4.78, 5) is 40.8. The number of aromatic nitrogens is 2. The largest absolute Gasteiger partial charge is 0.435 e. The van der Waals surface area contributed by atoms with Gasteiger partial charge in [-0.3, -0.25) is 14.4 Å². The number of halogens is 3. The molecule has 2 heterocycles. The average molecular weight is 545 g/mol. The van der Waals surface area contributed by atoms with Gasteiger partial charge in [-0.1, -0.05) is 6.07 Å². The molecule has 10 nitrogen and oxygen atoms in total. The number of likely N-dealkylation sites (N-methyl/N-ethyl adjacent to an activating group) is 1. The van der Waals surface area contributed by atoms with Crippen LogP contribution in [-0.2, 0) is 17.4 Å². The van der Waals surface area contributed by atoms with E-state index in [4.69, 9.17) is 5.11 Å². The summed E-state index contributed by atoms with van der Waals surface area (Å²) < 4.78 is 42.6. The molecule has 4 rings (SSSR count). The Hall–Kier alpha value is -4.23. The fourth-order valence-electron chi connectivity index (χ4n) is 4.34. The van der Waals surface area contributed by atoms with Crippen molar-refractivity contribution in [2.75, 3.05) is 50.1 Å². The van der Waals surface area contributed by atoms with E-state index in [0.29, 0.717) is 11.4 Å². The Labute approximate surface area is 222 Å². The Kier molecular flexibility index (Phi) is 8.02. The van der Waals surface area contributed by atoms with Crippen LogP contribution >= 0.6 is 0 Å². The molecule has 0 radical (unpaired) electrons. The van der Waals surface area contributed by atoms with Crippen molar-refractivity contribution in [3.63, 3.8) is 0 Å². The zero-order chi connectivity index (χ0) is 28.3. The number of nitrogens with one attached hydrogen (secondary N) is 2. The fourth-order valence-corrected chi connectivity index (χ4v) is 4.34. The number of benzene rings is 2. The van der Waals surface area contributed by atoms with Crippen molar-refractivity contribution in [3.05, 3.63) is 71.0 Å². The lowest BCUT2D eigenvalue weighted by atomic mass is 10.0. The normalized spacial score (nSPS) is 13.3. The number of hydrogen-bond acceptors (Lipinski definition) is 6. The number of nitrogens with zero attached hydrogens (tertiary/aromatic N) is 4. The summed E-state index contributed by atoms with van der Waals surface area (Å²) in [6.45, 7) is 0.206. The predicted octanol–water partition coefficient (Wildman–Crippen LogP) is 2.00. The van der Waals surface area contributed by atoms with Crippen LogP contribution in [0.5, 0.6) is 0 Å². The third-order valence-corrected chi connectivity index (χ3v) is 6.35. The van der Waals surface area contributed by atoms with E-state index in [9.17, 15) is 27.6 Å². The first kappa shape index (κ1) is 27.8. The standard InChI is InChI=1S/C26H27F3N6O4/c1-30-24(38)16-4-3-5-19(14-16)35-22-20(23(32-35)26(27,28)29)10-12-34(25(22)39)18-8-6-17(7-9-18)33(2)21(37)15-31-11-13-36/h3-9,14,31,36H,10-13,15H2,1-2H3,(H,30,38). The summed E-state index contributed by atoms with van der Waals surface area (Å²) in [5.74, 6) is -1.35. The van der Waals surface area contributed by atoms with E-state index >= 15 is 0 Å². The topological polar surface area (TPSA) is 120 Å². The number of hydrogen-bond donors (Lipinski definition) is 3. The summed E-state index contributed by atoms with van der Waals surface area (Å²) in [6, 6.07) is 12.3. The molecule has 0 spiro atoms. The molecular weight excluding hydrogens is 517 g/mol. The second-order valence-corrected chi connectivity index (χ2v) is 8.79. The Morgan fingerprint density at radius 3 is 2.49 bits per heavy atom. The maximum Gasteiger partial charge on any atom is 0.435 e. The minimum atomic E-state index is -4.78. The summed E-state index contributed by atoms with van der Waals surface area (Å²) in [5, 5.41) is 17.9. The van der Waals surface area contributed by atoms with Crippen LogP contribution in [0.4, 0.5) is 24.5 Å². The number of alkyl halides is 3. The van der Waals surface area contributed by atoms with Crippen LogP contribution in [-0.4, -0.2) is 72.9 Å². The third kappa shape index (κ3) is 5.64. The fraction of sp³-hybridized carbons (Fsp3) is 0.308. The van der Waals surface area contributed by atoms with Gasteiger partial charge in [0.1, 0.15) is 5.69 Å². The van der Waals surface area contributed by atoms with Gasteiger partial charge in [0.2, 0.25) is 5.91 Å². The zero-order valence-corrected chi connectivity index (χ0v) is 21.2. The predicted molar refractivity (Wildman–Crippen MR) is 137 cm³/mol. The highest BCUT2D eigenvalue weighted by molar-refractivity contribution is 6.08. The van der Waals surface area contributed by atoms with Gasteiger partial charge < -0.3 is 25.5 Å². The van der Waals surface area contributed by atoms with E-state index in [0.717, 1.165) is 4.68 Å². The van der Waals surface area contributed by atoms with Crippen LogP contribution in [0.15, 0.2) is 48.5 Å². The quantitative estimate of drug-likeness (QED) is 0.374. The first-order chi connectivity index (χ1) is 18.6. The molecule has 1 aliphatic heterocycles. The SMILES string of the molecule is CNC(=O)c1cccc(-n2nc(C(F)(F)F)c3c2C(=O)N(c2ccc(N(C)C(=O)CNCCO)cc2)CC3)c1. The molecule has 0 unspecified atom stereocenters. The first-order valence-corrected chi connectivity index (χ1v) is 12.1. The summed E-state index contributed by atoms with van der Waals surface area (Å²) in [6.07, 6.45) is -4.86. The Balaban J connectivity index is 1.67. The summed E-state index contributed by atoms with van der Waals surface area (Å²) >= 11 is 0. The van der Waals surface area contributed by atoms with Crippen molar-refractivity contribution in [1.29, 1.82) is 0 Å². The van der Waals surface area contributed by atoms with E-state index in [1.54, 1.807) is 31.3 Å². The van der Waals surface area contributed by atoms with Gasteiger partial charge in [-0.15, -0.1) is 0 Å². The lowest BCUT2D eigenvalue weighted by Gasteiger charge is -2.28. The van der Waals surface area contributed by atoms with Crippen LogP contribution in [0.1, 0.15) is 32.1 Å². The van der Waals surface area contributed by atoms with Gasteiger partial charge in [-0.25, -0.2) is 4.68 Å². The highest BCUT2D eigenvalue weighted by Gasteiger charge is 2.43. The molecule has 206 valence electrons. The van der Waals surface area contributed by atoms with Crippen molar-refractivity contribution >= 4 is 29.1 Å². The Bertz CT molecular complexity index is 1390. The molecule has 13 heteroatoms. The Morgan fingerprint density at radius 2 is 1.85 bits per heavy atom. The minimum Gasteiger partial charge on any atom is -0.395 e. The van der Waals surface area contributed by atoms with Gasteiger partial charge in [0.15, 0.2) is 5.69 Å². The molecule has 0 atom stereocenters. The molecule has 0 saturated carbocycles. The molecule has 1 aliphatic rings. The van der Waals surface area contributed by atoms with E-state index in [-0.39, 0.29) is 61.1 Å². The molecule has 3 N–H and O–H groups in total. The van der Waals surface area contributed by atoms with E-state index in [2.05, 4.69) is 15.7 Å². The number of carbonyl (C=O) groups excluding carboxylic acids is 3. The average Bonchev–Trinajstić information content (AvgIpc) is 3.34. The summed E-state index contributed by atoms with van der Waals surface area (Å²) in [5.41, 5.74) is -0.234. The number of anilines is 2. The van der Waals surface area contributed by atoms with E-state index in [1.807, 2.05) is 0 Å². The minimum absolute atomic E-state index is 0.00190. The van der Waals surface area contributed by atoms with Gasteiger partial charge in [0, 0.05) is 49.7 Å². The van der Waals surface area contributed by atoms with Crippen LogP contribution in [0.3, 0.4) is 0 Å². The molecular formula is C26H27F3N6O4. The second-order valence-electron chi connectivity index (χ2n) is 8.79. The molecule has 1 aromatic heterocycles. The number of fused-ring (bicyclic) bond motifs is 1. The maximum absolute atomic E-state index is 13.9. The van der Waals surface area contributed by atoms with Crippen LogP contribution < -0.4 is 20.4 Å². The smallest absolute Gasteiger partial charge is 0.395 e. The molecule has 2 aromatic carbocycles. The number of rotatable bonds is 8. The van der Waals surface area contributed by atoms with E-state index < -0.39 is 23.7 Å². The van der Waals surface area contributed by atoms with Gasteiger partial charge in [-0.05, 0) is 48.9 Å². The van der Waals surface area contributed by atoms with E-state index in [1.165, 1.54) is 41.1 Å². The zero-order valence-electron chi connectivity index (χ0n) is 21.2. The molecule has 0 fully saturated rings. The molecule has 3 amide bonds. The number of aliphatic hydroxyl groups excluding tert-OH is 1. The first-order valence-electron chi connectivity index (χ1n) is 12.1. The van der Waals surface area contributed by atoms with Crippen molar-refractivity contribution in [2.45, 2.75) is 12.6 Å². The molecule has 0 bridgehead atoms. The lowest BCUT2D eigenvalue weighted by Crippen LogP contribution is -2.39. The third-order valence-electron chi connectivity index (χ3n) is 6.35. The highest BCUT2D eigenvalue weighted by atomic mass is 19.4.